The van der Waals surface area contributed by atoms with Crippen molar-refractivity contribution in [2.75, 3.05) is 19.6 Å². The number of aliphatic hydroxyl groups excluding tert-OH is 1. The minimum atomic E-state index is -0.346. The standard InChI is InChI=1S/C15H22N2O2/c1-10-3-4-11(2)12(5-10)6-15(19)17-8-13-7-16-9-14(13)18/h3-5,13-14,16,18H,6-9H2,1-2H3,(H,17,19). The molecular formula is C15H22N2O2. The first-order chi connectivity index (χ1) is 9.06. The maximum Gasteiger partial charge on any atom is 0.224 e. The number of aryl methyl sites for hydroxylation is 2. The van der Waals surface area contributed by atoms with Gasteiger partial charge < -0.3 is 15.7 Å². The first-order valence-corrected chi connectivity index (χ1v) is 6.78. The zero-order chi connectivity index (χ0) is 13.8. The summed E-state index contributed by atoms with van der Waals surface area (Å²) in [6.45, 7) is 5.98. The van der Waals surface area contributed by atoms with E-state index < -0.39 is 0 Å². The Kier molecular flexibility index (Phi) is 4.56. The lowest BCUT2D eigenvalue weighted by Crippen LogP contribution is -2.35. The summed E-state index contributed by atoms with van der Waals surface area (Å²) in [5.41, 5.74) is 3.38. The summed E-state index contributed by atoms with van der Waals surface area (Å²) in [4.78, 5) is 11.9. The number of carbonyl (C=O) groups is 1. The number of nitrogens with one attached hydrogen (secondary N) is 2. The Labute approximate surface area is 114 Å². The zero-order valence-electron chi connectivity index (χ0n) is 11.6. The molecule has 104 valence electrons. The summed E-state index contributed by atoms with van der Waals surface area (Å²) in [6, 6.07) is 6.15. The summed E-state index contributed by atoms with van der Waals surface area (Å²) < 4.78 is 0. The van der Waals surface area contributed by atoms with Crippen molar-refractivity contribution in [3.63, 3.8) is 0 Å². The normalized spacial score (nSPS) is 22.5. The second kappa shape index (κ2) is 6.17. The molecule has 0 saturated carbocycles. The van der Waals surface area contributed by atoms with Crippen molar-refractivity contribution in [1.29, 1.82) is 0 Å². The number of benzene rings is 1. The Bertz CT molecular complexity index is 459. The number of β-amino-alcohol motifs (C(OH)–C–C–N with tert-alkyl or cyclic N) is 1. The van der Waals surface area contributed by atoms with Crippen molar-refractivity contribution in [2.24, 2.45) is 5.92 Å². The minimum Gasteiger partial charge on any atom is -0.391 e. The van der Waals surface area contributed by atoms with Crippen molar-refractivity contribution in [3.05, 3.63) is 34.9 Å². The van der Waals surface area contributed by atoms with Crippen LogP contribution in [0.15, 0.2) is 18.2 Å². The molecule has 2 rings (SSSR count). The number of aliphatic hydroxyl groups is 1. The number of hydrogen-bond donors (Lipinski definition) is 3. The van der Waals surface area contributed by atoms with E-state index in [-0.39, 0.29) is 17.9 Å². The van der Waals surface area contributed by atoms with Crippen LogP contribution in [0.5, 0.6) is 0 Å². The summed E-state index contributed by atoms with van der Waals surface area (Å²) in [7, 11) is 0. The molecule has 1 aliphatic heterocycles. The highest BCUT2D eigenvalue weighted by Gasteiger charge is 2.24. The van der Waals surface area contributed by atoms with E-state index in [1.165, 1.54) is 5.56 Å². The van der Waals surface area contributed by atoms with Gasteiger partial charge in [-0.1, -0.05) is 23.8 Å². The number of carbonyl (C=O) groups excluding carboxylic acids is 1. The highest BCUT2D eigenvalue weighted by molar-refractivity contribution is 5.79. The van der Waals surface area contributed by atoms with Gasteiger partial charge in [0, 0.05) is 25.6 Å². The number of hydrogen-bond acceptors (Lipinski definition) is 3. The van der Waals surface area contributed by atoms with Crippen LogP contribution in [0.25, 0.3) is 0 Å². The van der Waals surface area contributed by atoms with Gasteiger partial charge in [-0.3, -0.25) is 4.79 Å². The first kappa shape index (κ1) is 14.0. The topological polar surface area (TPSA) is 61.4 Å². The third-order valence-electron chi connectivity index (χ3n) is 3.72. The molecule has 0 bridgehead atoms. The van der Waals surface area contributed by atoms with Crippen LogP contribution in [-0.4, -0.2) is 36.8 Å². The molecule has 0 radical (unpaired) electrons. The summed E-state index contributed by atoms with van der Waals surface area (Å²) in [5, 5.41) is 15.7. The quantitative estimate of drug-likeness (QED) is 0.742. The van der Waals surface area contributed by atoms with Crippen LogP contribution in [0.4, 0.5) is 0 Å². The first-order valence-electron chi connectivity index (χ1n) is 6.78. The van der Waals surface area contributed by atoms with Gasteiger partial charge >= 0.3 is 0 Å². The molecule has 2 unspecified atom stereocenters. The lowest BCUT2D eigenvalue weighted by Gasteiger charge is -2.14. The Morgan fingerprint density at radius 1 is 1.42 bits per heavy atom. The van der Waals surface area contributed by atoms with Crippen LogP contribution in [0.2, 0.25) is 0 Å². The molecule has 1 aliphatic rings. The second-order valence-corrected chi connectivity index (χ2v) is 5.40. The molecule has 1 aromatic rings. The summed E-state index contributed by atoms with van der Waals surface area (Å²) in [5.74, 6) is 0.148. The maximum absolute atomic E-state index is 11.9. The molecule has 19 heavy (non-hydrogen) atoms. The maximum atomic E-state index is 11.9. The van der Waals surface area contributed by atoms with Gasteiger partial charge in [-0.25, -0.2) is 0 Å². The highest BCUT2D eigenvalue weighted by Crippen LogP contribution is 2.12. The molecule has 1 heterocycles. The van der Waals surface area contributed by atoms with Gasteiger partial charge in [0.25, 0.3) is 0 Å². The minimum absolute atomic E-state index is 0.0211. The average Bonchev–Trinajstić information content (AvgIpc) is 2.77. The smallest absolute Gasteiger partial charge is 0.224 e. The zero-order valence-corrected chi connectivity index (χ0v) is 11.6. The van der Waals surface area contributed by atoms with E-state index in [0.29, 0.717) is 19.5 Å². The Balaban J connectivity index is 1.85. The van der Waals surface area contributed by atoms with Crippen molar-refractivity contribution < 1.29 is 9.90 Å². The molecule has 4 nitrogen and oxygen atoms in total. The van der Waals surface area contributed by atoms with Crippen LogP contribution in [0.3, 0.4) is 0 Å². The fourth-order valence-electron chi connectivity index (χ4n) is 2.40. The van der Waals surface area contributed by atoms with Gasteiger partial charge in [0.2, 0.25) is 5.91 Å². The van der Waals surface area contributed by atoms with E-state index in [4.69, 9.17) is 0 Å². The summed E-state index contributed by atoms with van der Waals surface area (Å²) in [6.07, 6.45) is 0.0602. The molecule has 0 spiro atoms. The van der Waals surface area contributed by atoms with Gasteiger partial charge in [-0.2, -0.15) is 0 Å². The largest absolute Gasteiger partial charge is 0.391 e. The van der Waals surface area contributed by atoms with Crippen molar-refractivity contribution in [2.45, 2.75) is 26.4 Å². The van der Waals surface area contributed by atoms with E-state index in [1.54, 1.807) is 0 Å². The van der Waals surface area contributed by atoms with Crippen LogP contribution in [-0.2, 0) is 11.2 Å². The average molecular weight is 262 g/mol. The third kappa shape index (κ3) is 3.78. The molecule has 2 atom stereocenters. The molecule has 4 heteroatoms. The van der Waals surface area contributed by atoms with E-state index in [0.717, 1.165) is 17.7 Å². The van der Waals surface area contributed by atoms with Crippen LogP contribution >= 0.6 is 0 Å². The van der Waals surface area contributed by atoms with E-state index >= 15 is 0 Å². The summed E-state index contributed by atoms with van der Waals surface area (Å²) >= 11 is 0. The SMILES string of the molecule is Cc1ccc(C)c(CC(=O)NCC2CNCC2O)c1. The van der Waals surface area contributed by atoms with Crippen molar-refractivity contribution >= 4 is 5.91 Å². The van der Waals surface area contributed by atoms with Gasteiger partial charge in [-0.15, -0.1) is 0 Å². The number of rotatable bonds is 4. The van der Waals surface area contributed by atoms with Gasteiger partial charge in [0.1, 0.15) is 0 Å². The molecule has 1 amide bonds. The van der Waals surface area contributed by atoms with E-state index in [2.05, 4.69) is 22.8 Å². The number of amides is 1. The fourth-order valence-corrected chi connectivity index (χ4v) is 2.40. The molecule has 0 aliphatic carbocycles. The Morgan fingerprint density at radius 3 is 2.89 bits per heavy atom. The highest BCUT2D eigenvalue weighted by atomic mass is 16.3. The predicted octanol–water partition coefficient (Wildman–Crippen LogP) is 0.542. The van der Waals surface area contributed by atoms with E-state index in [9.17, 15) is 9.90 Å². The molecule has 1 fully saturated rings. The molecular weight excluding hydrogens is 240 g/mol. The van der Waals surface area contributed by atoms with Gasteiger partial charge in [-0.05, 0) is 25.0 Å². The monoisotopic (exact) mass is 262 g/mol. The second-order valence-electron chi connectivity index (χ2n) is 5.40. The fraction of sp³-hybridized carbons (Fsp3) is 0.533. The molecule has 1 saturated heterocycles. The van der Waals surface area contributed by atoms with E-state index in [1.807, 2.05) is 19.9 Å². The van der Waals surface area contributed by atoms with Crippen LogP contribution in [0.1, 0.15) is 16.7 Å². The van der Waals surface area contributed by atoms with Crippen molar-refractivity contribution in [1.82, 2.24) is 10.6 Å². The van der Waals surface area contributed by atoms with Gasteiger partial charge in [0.05, 0.1) is 12.5 Å². The van der Waals surface area contributed by atoms with Crippen LogP contribution in [0, 0.1) is 19.8 Å². The lowest BCUT2D eigenvalue weighted by molar-refractivity contribution is -0.120. The Hall–Kier alpha value is -1.39. The van der Waals surface area contributed by atoms with Gasteiger partial charge in [0.15, 0.2) is 0 Å². The lowest BCUT2D eigenvalue weighted by atomic mass is 10.0. The third-order valence-corrected chi connectivity index (χ3v) is 3.72. The predicted molar refractivity (Wildman–Crippen MR) is 75.0 cm³/mol. The molecule has 0 aromatic heterocycles. The molecule has 3 N–H and O–H groups in total. The van der Waals surface area contributed by atoms with Crippen molar-refractivity contribution in [3.8, 4) is 0 Å². The Morgan fingerprint density at radius 2 is 2.21 bits per heavy atom. The van der Waals surface area contributed by atoms with Crippen LogP contribution < -0.4 is 10.6 Å². The molecule has 1 aromatic carbocycles.